The molecule has 10 heteroatoms. The molecule has 38 heavy (non-hydrogen) atoms. The van der Waals surface area contributed by atoms with Crippen LogP contribution in [0.25, 0.3) is 16.2 Å². The Hall–Kier alpha value is -2.51. The number of halogens is 1. The van der Waals surface area contributed by atoms with Crippen LogP contribution in [0.4, 0.5) is 4.79 Å². The molecule has 0 spiro atoms. The van der Waals surface area contributed by atoms with E-state index in [9.17, 15) is 15.0 Å². The van der Waals surface area contributed by atoms with E-state index in [0.29, 0.717) is 68.0 Å². The van der Waals surface area contributed by atoms with E-state index < -0.39 is 18.2 Å². The Morgan fingerprint density at radius 2 is 1.79 bits per heavy atom. The Morgan fingerprint density at radius 3 is 2.29 bits per heavy atom. The predicted molar refractivity (Wildman–Crippen MR) is 146 cm³/mol. The molecule has 9 nitrogen and oxygen atoms in total. The summed E-state index contributed by atoms with van der Waals surface area (Å²) in [5.41, 5.74) is 2.06. The summed E-state index contributed by atoms with van der Waals surface area (Å²) in [4.78, 5) is 20.2. The maximum absolute atomic E-state index is 10.4. The molecule has 2 aromatic rings. The molecule has 4 atom stereocenters. The van der Waals surface area contributed by atoms with Gasteiger partial charge >= 0.3 is 5.37 Å². The predicted octanol–water partition coefficient (Wildman–Crippen LogP) is 4.85. The number of carbonyl (C=O) groups excluding carboxylic acids is 1. The molecule has 4 unspecified atom stereocenters. The summed E-state index contributed by atoms with van der Waals surface area (Å²) in [6.45, 7) is 18.9. The number of aryl methyl sites for hydroxylation is 1. The van der Waals surface area contributed by atoms with Crippen LogP contribution in [0, 0.1) is 37.2 Å². The Bertz CT molecular complexity index is 1050. The van der Waals surface area contributed by atoms with Crippen molar-refractivity contribution in [2.45, 2.75) is 65.2 Å². The number of nitrogens with one attached hydrogen (secondary N) is 1. The van der Waals surface area contributed by atoms with Crippen LogP contribution in [-0.2, 0) is 4.74 Å². The van der Waals surface area contributed by atoms with Crippen molar-refractivity contribution in [2.24, 2.45) is 23.7 Å². The first-order valence-corrected chi connectivity index (χ1v) is 13.7. The number of amides is 1. The summed E-state index contributed by atoms with van der Waals surface area (Å²) >= 11 is 5.19. The highest BCUT2D eigenvalue weighted by Gasteiger charge is 2.41. The molecule has 1 saturated carbocycles. The molecule has 1 aromatic carbocycles. The summed E-state index contributed by atoms with van der Waals surface area (Å²) in [6.07, 6.45) is 1.31. The van der Waals surface area contributed by atoms with Crippen molar-refractivity contribution in [3.63, 3.8) is 0 Å². The zero-order valence-corrected chi connectivity index (χ0v) is 23.4. The number of morpholine rings is 1. The summed E-state index contributed by atoms with van der Waals surface area (Å²) in [6, 6.07) is 6.99. The summed E-state index contributed by atoms with van der Waals surface area (Å²) < 4.78 is 5.00. The van der Waals surface area contributed by atoms with Crippen LogP contribution < -0.4 is 0 Å². The number of aromatic amines is 1. The summed E-state index contributed by atoms with van der Waals surface area (Å²) in [5, 5.41) is 26.7. The molecule has 0 radical (unpaired) electrons. The maximum atomic E-state index is 10.4. The zero-order chi connectivity index (χ0) is 27.8. The van der Waals surface area contributed by atoms with Gasteiger partial charge in [-0.1, -0.05) is 50.6 Å². The highest BCUT2D eigenvalue weighted by atomic mass is 35.5. The van der Waals surface area contributed by atoms with Gasteiger partial charge in [-0.15, -0.1) is 0 Å². The number of aliphatic hydroxyl groups excluding tert-OH is 1. The molecule has 208 valence electrons. The fraction of sp³-hybridized carbons (Fsp3) is 0.643. The van der Waals surface area contributed by atoms with Crippen molar-refractivity contribution in [1.29, 1.82) is 0 Å². The number of hydrogen-bond acceptors (Lipinski definition) is 6. The van der Waals surface area contributed by atoms with Gasteiger partial charge in [-0.05, 0) is 61.5 Å². The molecular formula is C28H40ClN5O4. The lowest BCUT2D eigenvalue weighted by atomic mass is 9.66. The van der Waals surface area contributed by atoms with Gasteiger partial charge in [0.05, 0.1) is 19.1 Å². The fourth-order valence-corrected chi connectivity index (χ4v) is 5.99. The monoisotopic (exact) mass is 545 g/mol. The third-order valence-corrected chi connectivity index (χ3v) is 8.07. The third kappa shape index (κ3) is 8.00. The molecule has 1 aromatic heterocycles. The van der Waals surface area contributed by atoms with Crippen LogP contribution in [-0.4, -0.2) is 74.3 Å². The lowest BCUT2D eigenvalue weighted by Gasteiger charge is -2.39. The highest BCUT2D eigenvalue weighted by Crippen LogP contribution is 2.43. The lowest BCUT2D eigenvalue weighted by Crippen LogP contribution is -2.37. The minimum Gasteiger partial charge on any atom is -0.378 e. The van der Waals surface area contributed by atoms with Crippen LogP contribution in [0.5, 0.6) is 0 Å². The van der Waals surface area contributed by atoms with E-state index in [4.69, 9.17) is 22.9 Å². The molecule has 0 bridgehead atoms. The Labute approximate surface area is 230 Å². The summed E-state index contributed by atoms with van der Waals surface area (Å²) in [7, 11) is 0. The van der Waals surface area contributed by atoms with Crippen molar-refractivity contribution in [1.82, 2.24) is 20.1 Å². The van der Waals surface area contributed by atoms with Gasteiger partial charge in [-0.3, -0.25) is 9.89 Å². The largest absolute Gasteiger partial charge is 0.378 e. The van der Waals surface area contributed by atoms with Crippen LogP contribution >= 0.6 is 11.6 Å². The number of nitrogens with zero attached hydrogens (tertiary/aromatic N) is 4. The zero-order valence-electron chi connectivity index (χ0n) is 22.7. The number of aromatic nitrogens is 3. The van der Waals surface area contributed by atoms with E-state index in [2.05, 4.69) is 40.8 Å². The van der Waals surface area contributed by atoms with E-state index in [1.807, 2.05) is 31.2 Å². The van der Waals surface area contributed by atoms with Crippen LogP contribution in [0.1, 0.15) is 57.3 Å². The smallest absolute Gasteiger partial charge is 0.316 e. The van der Waals surface area contributed by atoms with E-state index in [1.165, 1.54) is 0 Å². The second kappa shape index (κ2) is 14.0. The minimum atomic E-state index is -1.71. The molecule has 1 aliphatic heterocycles. The van der Waals surface area contributed by atoms with Gasteiger partial charge in [-0.2, -0.15) is 5.10 Å². The normalized spacial score (nSPS) is 25.2. The summed E-state index contributed by atoms with van der Waals surface area (Å²) in [5.74, 6) is 2.89. The van der Waals surface area contributed by atoms with Gasteiger partial charge in [0, 0.05) is 18.7 Å². The van der Waals surface area contributed by atoms with Crippen molar-refractivity contribution in [2.75, 3.05) is 26.3 Å². The lowest BCUT2D eigenvalue weighted by molar-refractivity contribution is -0.0582. The van der Waals surface area contributed by atoms with Gasteiger partial charge < -0.3 is 24.7 Å². The average Bonchev–Trinajstić information content (AvgIpc) is 3.36. The van der Waals surface area contributed by atoms with Crippen LogP contribution in [0.3, 0.4) is 0 Å². The second-order valence-corrected chi connectivity index (χ2v) is 11.2. The van der Waals surface area contributed by atoms with Gasteiger partial charge in [0.25, 0.3) is 6.04 Å². The minimum absolute atomic E-state index is 0.377. The van der Waals surface area contributed by atoms with Gasteiger partial charge in [0.2, 0.25) is 6.29 Å². The molecule has 2 aliphatic rings. The van der Waals surface area contributed by atoms with Crippen LogP contribution in [0.15, 0.2) is 24.3 Å². The third-order valence-electron chi connectivity index (χ3n) is 7.83. The molecule has 3 N–H and O–H groups in total. The number of H-pyrrole nitrogens is 1. The Balaban J connectivity index is 0.000000375. The quantitative estimate of drug-likeness (QED) is 0.207. The number of rotatable bonds is 6. The standard InChI is InChI=1S/C23H32N4O2.C5H8ClNO2/c1-13-6-8-17(9-7-13)21-25-22(27-26-21)19(20(24-5)23(28)29)12-18-15(3)10-14(2)11-16(18)4;6-5(8)7-1-3-9-4-2-7/h6-9,14-16,18-20,23,28-29H,10-12H2,1-4H3,(H,25,26,27);1-4H2. The molecule has 2 fully saturated rings. The van der Waals surface area contributed by atoms with E-state index >= 15 is 0 Å². The average molecular weight is 546 g/mol. The van der Waals surface area contributed by atoms with Crippen molar-refractivity contribution in [3.05, 3.63) is 47.1 Å². The number of ether oxygens (including phenoxy) is 1. The van der Waals surface area contributed by atoms with E-state index in [-0.39, 0.29) is 5.37 Å². The first kappa shape index (κ1) is 30.0. The first-order chi connectivity index (χ1) is 18.1. The Kier molecular flexibility index (Phi) is 11.1. The number of benzene rings is 1. The number of hydrogen-bond donors (Lipinski definition) is 3. The van der Waals surface area contributed by atoms with Gasteiger partial charge in [0.1, 0.15) is 5.82 Å². The van der Waals surface area contributed by atoms with E-state index in [1.54, 1.807) is 4.90 Å². The second-order valence-electron chi connectivity index (χ2n) is 10.8. The van der Waals surface area contributed by atoms with Crippen molar-refractivity contribution in [3.8, 4) is 11.4 Å². The van der Waals surface area contributed by atoms with Gasteiger partial charge in [0.15, 0.2) is 5.82 Å². The van der Waals surface area contributed by atoms with Crippen molar-refractivity contribution < 1.29 is 19.7 Å². The number of carbonyl (C=O) groups is 1. The molecule has 4 rings (SSSR count). The first-order valence-electron chi connectivity index (χ1n) is 13.3. The van der Waals surface area contributed by atoms with Crippen molar-refractivity contribution >= 4 is 17.0 Å². The molecular weight excluding hydrogens is 506 g/mol. The molecule has 1 aliphatic carbocycles. The Morgan fingerprint density at radius 1 is 1.18 bits per heavy atom. The van der Waals surface area contributed by atoms with Gasteiger partial charge in [-0.25, -0.2) is 11.6 Å². The van der Waals surface area contributed by atoms with Crippen LogP contribution in [0.2, 0.25) is 0 Å². The maximum Gasteiger partial charge on any atom is 0.316 e. The fourth-order valence-electron chi connectivity index (χ4n) is 5.82. The molecule has 1 saturated heterocycles. The topological polar surface area (TPSA) is 116 Å². The highest BCUT2D eigenvalue weighted by molar-refractivity contribution is 6.62. The molecule has 2 heterocycles. The van der Waals surface area contributed by atoms with E-state index in [0.717, 1.165) is 24.0 Å². The molecule has 1 amide bonds. The number of aliphatic hydroxyl groups is 2. The SMILES string of the molecule is O=C(Cl)N1CCOCC1.[C-]#[N+]C(C(O)O)C(CC1C(C)CC(C)CC1C)c1nc(-c2ccc(C)cc2)n[nH]1.